The zero-order valence-corrected chi connectivity index (χ0v) is 11.9. The monoisotopic (exact) mass is 246 g/mol. The predicted molar refractivity (Wildman–Crippen MR) is 77.8 cm³/mol. The van der Waals surface area contributed by atoms with Crippen LogP contribution in [-0.2, 0) is 0 Å². The Morgan fingerprint density at radius 3 is 2.94 bits per heavy atom. The van der Waals surface area contributed by atoms with Crippen molar-refractivity contribution < 1.29 is 0 Å². The molecule has 0 aromatic carbocycles. The molecule has 1 fully saturated rings. The van der Waals surface area contributed by atoms with Gasteiger partial charge in [0.1, 0.15) is 0 Å². The molecule has 1 aromatic rings. The Hall–Kier alpha value is -1.05. The van der Waals surface area contributed by atoms with Gasteiger partial charge in [-0.2, -0.15) is 0 Å². The molecule has 1 aliphatic rings. The van der Waals surface area contributed by atoms with Gasteiger partial charge < -0.3 is 5.32 Å². The van der Waals surface area contributed by atoms with E-state index < -0.39 is 0 Å². The lowest BCUT2D eigenvalue weighted by atomic mass is 9.81. The summed E-state index contributed by atoms with van der Waals surface area (Å²) in [7, 11) is 0. The second-order valence-electron chi connectivity index (χ2n) is 6.19. The van der Waals surface area contributed by atoms with Crippen LogP contribution in [0.3, 0.4) is 0 Å². The number of hydrogen-bond donors (Lipinski definition) is 1. The standard InChI is InChI=1S/C16H26N2/c1-12(2)9-14-5-4-6-15(10-14)18-16-11-17-8-7-13(16)3/h7-8,11-12,14-15,18H,4-6,9-10H2,1-3H3. The molecule has 0 aliphatic heterocycles. The zero-order valence-electron chi connectivity index (χ0n) is 11.9. The Morgan fingerprint density at radius 2 is 2.22 bits per heavy atom. The average molecular weight is 246 g/mol. The zero-order chi connectivity index (χ0) is 13.0. The number of nitrogens with one attached hydrogen (secondary N) is 1. The van der Waals surface area contributed by atoms with E-state index in [1.807, 2.05) is 12.4 Å². The molecular formula is C16H26N2. The van der Waals surface area contributed by atoms with Gasteiger partial charge >= 0.3 is 0 Å². The summed E-state index contributed by atoms with van der Waals surface area (Å²) in [6.07, 6.45) is 10.6. The molecule has 1 saturated carbocycles. The fourth-order valence-electron chi connectivity index (χ4n) is 3.14. The lowest BCUT2D eigenvalue weighted by molar-refractivity contribution is 0.289. The van der Waals surface area contributed by atoms with E-state index in [2.05, 4.69) is 37.1 Å². The first kappa shape index (κ1) is 13.4. The van der Waals surface area contributed by atoms with E-state index in [-0.39, 0.29) is 0 Å². The number of rotatable bonds is 4. The summed E-state index contributed by atoms with van der Waals surface area (Å²) in [5.74, 6) is 1.74. The number of aromatic nitrogens is 1. The van der Waals surface area contributed by atoms with Crippen molar-refractivity contribution in [3.8, 4) is 0 Å². The van der Waals surface area contributed by atoms with Crippen LogP contribution in [0, 0.1) is 18.8 Å². The molecule has 18 heavy (non-hydrogen) atoms. The van der Waals surface area contributed by atoms with Crippen molar-refractivity contribution in [2.75, 3.05) is 5.32 Å². The summed E-state index contributed by atoms with van der Waals surface area (Å²) in [4.78, 5) is 4.22. The highest BCUT2D eigenvalue weighted by atomic mass is 14.9. The molecule has 100 valence electrons. The van der Waals surface area contributed by atoms with Gasteiger partial charge in [0.05, 0.1) is 11.9 Å². The Morgan fingerprint density at radius 1 is 1.39 bits per heavy atom. The van der Waals surface area contributed by atoms with Crippen LogP contribution in [0.2, 0.25) is 0 Å². The molecule has 2 unspecified atom stereocenters. The number of nitrogens with zero attached hydrogens (tertiary/aromatic N) is 1. The summed E-state index contributed by atoms with van der Waals surface area (Å²) in [6, 6.07) is 2.72. The fourth-order valence-corrected chi connectivity index (χ4v) is 3.14. The van der Waals surface area contributed by atoms with E-state index >= 15 is 0 Å². The maximum atomic E-state index is 4.22. The Labute approximate surface area is 111 Å². The number of pyridine rings is 1. The second-order valence-corrected chi connectivity index (χ2v) is 6.19. The van der Waals surface area contributed by atoms with Crippen LogP contribution in [0.25, 0.3) is 0 Å². The van der Waals surface area contributed by atoms with Crippen LogP contribution in [0.5, 0.6) is 0 Å². The summed E-state index contributed by atoms with van der Waals surface area (Å²) >= 11 is 0. The largest absolute Gasteiger partial charge is 0.381 e. The minimum atomic E-state index is 0.644. The first-order chi connectivity index (χ1) is 8.65. The van der Waals surface area contributed by atoms with E-state index in [4.69, 9.17) is 0 Å². The third kappa shape index (κ3) is 3.72. The summed E-state index contributed by atoms with van der Waals surface area (Å²) in [6.45, 7) is 6.82. The smallest absolute Gasteiger partial charge is 0.0558 e. The van der Waals surface area contributed by atoms with Crippen molar-refractivity contribution in [1.82, 2.24) is 4.98 Å². The van der Waals surface area contributed by atoms with Gasteiger partial charge in [-0.15, -0.1) is 0 Å². The number of aryl methyl sites for hydroxylation is 1. The first-order valence-corrected chi connectivity index (χ1v) is 7.32. The summed E-state index contributed by atoms with van der Waals surface area (Å²) < 4.78 is 0. The van der Waals surface area contributed by atoms with E-state index in [9.17, 15) is 0 Å². The molecule has 1 N–H and O–H groups in total. The van der Waals surface area contributed by atoms with Gasteiger partial charge in [0.15, 0.2) is 0 Å². The topological polar surface area (TPSA) is 24.9 Å². The highest BCUT2D eigenvalue weighted by molar-refractivity contribution is 5.48. The van der Waals surface area contributed by atoms with Gasteiger partial charge in [0.25, 0.3) is 0 Å². The third-order valence-electron chi connectivity index (χ3n) is 3.99. The molecule has 0 saturated heterocycles. The normalized spacial score (nSPS) is 24.2. The van der Waals surface area contributed by atoms with Crippen molar-refractivity contribution in [3.05, 3.63) is 24.0 Å². The van der Waals surface area contributed by atoms with E-state index in [0.717, 1.165) is 11.8 Å². The highest BCUT2D eigenvalue weighted by Crippen LogP contribution is 2.31. The first-order valence-electron chi connectivity index (χ1n) is 7.32. The van der Waals surface area contributed by atoms with Crippen molar-refractivity contribution in [1.29, 1.82) is 0 Å². The lowest BCUT2D eigenvalue weighted by Gasteiger charge is -2.31. The summed E-state index contributed by atoms with van der Waals surface area (Å²) in [5, 5.41) is 3.69. The van der Waals surface area contributed by atoms with E-state index in [1.165, 1.54) is 43.4 Å². The molecule has 0 amide bonds. The fraction of sp³-hybridized carbons (Fsp3) is 0.688. The molecule has 0 radical (unpaired) electrons. The van der Waals surface area contributed by atoms with Crippen molar-refractivity contribution >= 4 is 5.69 Å². The van der Waals surface area contributed by atoms with Gasteiger partial charge in [-0.1, -0.05) is 26.7 Å². The van der Waals surface area contributed by atoms with Gasteiger partial charge in [-0.25, -0.2) is 0 Å². The maximum absolute atomic E-state index is 4.22. The molecule has 1 aliphatic carbocycles. The minimum Gasteiger partial charge on any atom is -0.381 e. The number of anilines is 1. The maximum Gasteiger partial charge on any atom is 0.0558 e. The Kier molecular flexibility index (Phi) is 4.62. The molecule has 2 heteroatoms. The lowest BCUT2D eigenvalue weighted by Crippen LogP contribution is -2.28. The molecule has 2 atom stereocenters. The molecule has 0 bridgehead atoms. The third-order valence-corrected chi connectivity index (χ3v) is 3.99. The van der Waals surface area contributed by atoms with Gasteiger partial charge in [-0.3, -0.25) is 4.98 Å². The van der Waals surface area contributed by atoms with Gasteiger partial charge in [0, 0.05) is 12.2 Å². The minimum absolute atomic E-state index is 0.644. The Bertz CT molecular complexity index is 373. The van der Waals surface area contributed by atoms with Crippen molar-refractivity contribution in [2.45, 2.75) is 58.9 Å². The molecule has 2 nitrogen and oxygen atoms in total. The van der Waals surface area contributed by atoms with Crippen LogP contribution in [0.4, 0.5) is 5.69 Å². The Balaban J connectivity index is 1.91. The predicted octanol–water partition coefficient (Wildman–Crippen LogP) is 4.41. The van der Waals surface area contributed by atoms with Crippen LogP contribution in [0.1, 0.15) is 51.5 Å². The van der Waals surface area contributed by atoms with Gasteiger partial charge in [-0.05, 0) is 49.7 Å². The molecule has 1 aromatic heterocycles. The second kappa shape index (κ2) is 6.21. The van der Waals surface area contributed by atoms with E-state index in [1.54, 1.807) is 0 Å². The van der Waals surface area contributed by atoms with Crippen molar-refractivity contribution in [3.63, 3.8) is 0 Å². The van der Waals surface area contributed by atoms with Crippen molar-refractivity contribution in [2.24, 2.45) is 11.8 Å². The quantitative estimate of drug-likeness (QED) is 0.851. The summed E-state index contributed by atoms with van der Waals surface area (Å²) in [5.41, 5.74) is 2.52. The average Bonchev–Trinajstić information content (AvgIpc) is 2.32. The van der Waals surface area contributed by atoms with E-state index in [0.29, 0.717) is 6.04 Å². The molecule has 2 rings (SSSR count). The molecular weight excluding hydrogens is 220 g/mol. The highest BCUT2D eigenvalue weighted by Gasteiger charge is 2.22. The van der Waals surface area contributed by atoms with Crippen LogP contribution >= 0.6 is 0 Å². The molecule has 0 spiro atoms. The SMILES string of the molecule is Cc1ccncc1NC1CCCC(CC(C)C)C1. The van der Waals surface area contributed by atoms with Crippen LogP contribution in [0.15, 0.2) is 18.5 Å². The van der Waals surface area contributed by atoms with Crippen LogP contribution < -0.4 is 5.32 Å². The van der Waals surface area contributed by atoms with Crippen LogP contribution in [-0.4, -0.2) is 11.0 Å². The number of hydrogen-bond acceptors (Lipinski definition) is 2. The molecule has 1 heterocycles. The van der Waals surface area contributed by atoms with Gasteiger partial charge in [0.2, 0.25) is 0 Å².